The zero-order valence-corrected chi connectivity index (χ0v) is 39.4. The Hall–Kier alpha value is -3.62. The summed E-state index contributed by atoms with van der Waals surface area (Å²) in [7, 11) is -4.32. The van der Waals surface area contributed by atoms with Gasteiger partial charge in [0.15, 0.2) is 0 Å². The molecule has 0 radical (unpaired) electrons. The summed E-state index contributed by atoms with van der Waals surface area (Å²) in [5, 5.41) is 0. The molecule has 348 valence electrons. The van der Waals surface area contributed by atoms with Crippen molar-refractivity contribution in [1.82, 2.24) is 0 Å². The van der Waals surface area contributed by atoms with Gasteiger partial charge in [0.25, 0.3) is 0 Å². The Labute approximate surface area is 378 Å². The van der Waals surface area contributed by atoms with Crippen molar-refractivity contribution in [3.05, 3.63) is 146 Å². The number of ether oxygens (including phenoxy) is 2. The standard InChI is InChI=1S/C53H84NO7P/c1-3-5-7-9-11-13-15-17-19-21-23-24-25-26-27-28-29-30-32-34-36-38-40-42-44-46-53(55)61-52(51-60-62(56,57)59-49-47-54)50-58-48-45-43-41-39-37-35-33-31-22-20-18-16-14-12-10-8-6-4-2/h5-8,11-14,17-20,23-24,26-27,29-31,33-34,36-37,39,52H,3-4,9-10,15-16,21-22,25,28,32,35,38,40-51,54H2,1-2H3,(H,56,57)/b7-5-,8-6-,13-11-,14-12-,19-17-,20-18-,24-23-,27-26-,30-29-,33-31-,36-34-,39-37-. The molecule has 0 aromatic carbocycles. The van der Waals surface area contributed by atoms with Crippen molar-refractivity contribution >= 4 is 13.8 Å². The number of unbranched alkanes of at least 4 members (excludes halogenated alkanes) is 5. The zero-order valence-electron chi connectivity index (χ0n) is 38.5. The van der Waals surface area contributed by atoms with E-state index in [1.165, 1.54) is 0 Å². The molecule has 0 rings (SSSR count). The lowest BCUT2D eigenvalue weighted by atomic mass is 10.1. The maximum absolute atomic E-state index is 12.6. The number of carbonyl (C=O) groups is 1. The van der Waals surface area contributed by atoms with Gasteiger partial charge in [-0.25, -0.2) is 4.57 Å². The Morgan fingerprint density at radius 1 is 0.484 bits per heavy atom. The molecule has 0 saturated carbocycles. The van der Waals surface area contributed by atoms with Gasteiger partial charge in [-0.1, -0.05) is 166 Å². The molecule has 0 amide bonds. The number of rotatable bonds is 42. The second-order valence-corrected chi connectivity index (χ2v) is 16.0. The first-order valence-electron chi connectivity index (χ1n) is 23.3. The van der Waals surface area contributed by atoms with Crippen molar-refractivity contribution in [3.8, 4) is 0 Å². The van der Waals surface area contributed by atoms with Crippen LogP contribution in [0.2, 0.25) is 0 Å². The zero-order chi connectivity index (χ0) is 45.1. The molecule has 62 heavy (non-hydrogen) atoms. The van der Waals surface area contributed by atoms with Gasteiger partial charge in [0.2, 0.25) is 0 Å². The van der Waals surface area contributed by atoms with Gasteiger partial charge in [0.1, 0.15) is 6.10 Å². The van der Waals surface area contributed by atoms with Gasteiger partial charge in [0, 0.05) is 19.6 Å². The normalized spacial score (nSPS) is 14.7. The van der Waals surface area contributed by atoms with Gasteiger partial charge < -0.3 is 20.1 Å². The van der Waals surface area contributed by atoms with Gasteiger partial charge in [-0.2, -0.15) is 0 Å². The van der Waals surface area contributed by atoms with Crippen LogP contribution in [0.25, 0.3) is 0 Å². The summed E-state index contributed by atoms with van der Waals surface area (Å²) in [5.41, 5.74) is 5.37. The minimum atomic E-state index is -4.32. The van der Waals surface area contributed by atoms with Crippen LogP contribution in [0.3, 0.4) is 0 Å². The van der Waals surface area contributed by atoms with Gasteiger partial charge in [0.05, 0.1) is 19.8 Å². The maximum atomic E-state index is 12.6. The quantitative estimate of drug-likeness (QED) is 0.0269. The molecule has 9 heteroatoms. The molecule has 3 N–H and O–H groups in total. The average molecular weight is 878 g/mol. The lowest BCUT2D eigenvalue weighted by Gasteiger charge is -2.20. The second kappa shape index (κ2) is 48.4. The van der Waals surface area contributed by atoms with E-state index < -0.39 is 13.9 Å². The molecule has 0 spiro atoms. The van der Waals surface area contributed by atoms with E-state index in [1.54, 1.807) is 0 Å². The summed E-state index contributed by atoms with van der Waals surface area (Å²) in [5.74, 6) is -0.385. The number of carbonyl (C=O) groups excluding carboxylic acids is 1. The van der Waals surface area contributed by atoms with E-state index in [4.69, 9.17) is 24.3 Å². The predicted molar refractivity (Wildman–Crippen MR) is 265 cm³/mol. The minimum absolute atomic E-state index is 0.0614. The summed E-state index contributed by atoms with van der Waals surface area (Å²) in [6, 6.07) is 0. The lowest BCUT2D eigenvalue weighted by molar-refractivity contribution is -0.154. The van der Waals surface area contributed by atoms with Crippen LogP contribution in [0.4, 0.5) is 0 Å². The van der Waals surface area contributed by atoms with Crippen molar-refractivity contribution in [2.45, 2.75) is 148 Å². The Bertz CT molecular complexity index is 1450. The Morgan fingerprint density at radius 3 is 1.24 bits per heavy atom. The number of nitrogens with two attached hydrogens (primary N) is 1. The summed E-state index contributed by atoms with van der Waals surface area (Å²) in [6.45, 7) is 4.48. The molecule has 0 bridgehead atoms. The summed E-state index contributed by atoms with van der Waals surface area (Å²) >= 11 is 0. The highest BCUT2D eigenvalue weighted by Gasteiger charge is 2.25. The third-order valence-corrected chi connectivity index (χ3v) is 9.74. The van der Waals surface area contributed by atoms with Crippen LogP contribution in [-0.2, 0) is 27.9 Å². The van der Waals surface area contributed by atoms with Crippen molar-refractivity contribution in [2.24, 2.45) is 5.73 Å². The molecule has 0 fully saturated rings. The van der Waals surface area contributed by atoms with Gasteiger partial charge in [-0.3, -0.25) is 13.8 Å². The third-order valence-electron chi connectivity index (χ3n) is 8.75. The van der Waals surface area contributed by atoms with E-state index in [0.29, 0.717) is 13.0 Å². The predicted octanol–water partition coefficient (Wildman–Crippen LogP) is 14.5. The van der Waals surface area contributed by atoms with E-state index >= 15 is 0 Å². The molecule has 0 heterocycles. The molecule has 2 unspecified atom stereocenters. The smallest absolute Gasteiger partial charge is 0.457 e. The number of phosphoric ester groups is 1. The number of esters is 1. The first-order valence-corrected chi connectivity index (χ1v) is 24.8. The molecular weight excluding hydrogens is 794 g/mol. The molecular formula is C53H84NO7P. The molecule has 0 aromatic rings. The fourth-order valence-corrected chi connectivity index (χ4v) is 6.18. The van der Waals surface area contributed by atoms with Gasteiger partial charge in [-0.15, -0.1) is 0 Å². The number of phosphoric acid groups is 1. The van der Waals surface area contributed by atoms with E-state index in [9.17, 15) is 14.3 Å². The molecule has 2 atom stereocenters. The minimum Gasteiger partial charge on any atom is -0.457 e. The van der Waals surface area contributed by atoms with Crippen LogP contribution in [0.5, 0.6) is 0 Å². The monoisotopic (exact) mass is 878 g/mol. The van der Waals surface area contributed by atoms with E-state index in [0.717, 1.165) is 116 Å². The van der Waals surface area contributed by atoms with Crippen LogP contribution in [-0.4, -0.2) is 49.9 Å². The summed E-state index contributed by atoms with van der Waals surface area (Å²) in [4.78, 5) is 22.5. The Morgan fingerprint density at radius 2 is 0.855 bits per heavy atom. The fourth-order valence-electron chi connectivity index (χ4n) is 5.41. The molecule has 0 aliphatic heterocycles. The van der Waals surface area contributed by atoms with Crippen LogP contribution in [0.15, 0.2) is 146 Å². The van der Waals surface area contributed by atoms with E-state index in [1.807, 2.05) is 0 Å². The van der Waals surface area contributed by atoms with Crippen LogP contribution < -0.4 is 5.73 Å². The highest BCUT2D eigenvalue weighted by Crippen LogP contribution is 2.43. The van der Waals surface area contributed by atoms with E-state index in [2.05, 4.69) is 160 Å². The first kappa shape index (κ1) is 58.4. The van der Waals surface area contributed by atoms with Crippen molar-refractivity contribution < 1.29 is 32.8 Å². The van der Waals surface area contributed by atoms with E-state index in [-0.39, 0.29) is 38.8 Å². The van der Waals surface area contributed by atoms with Gasteiger partial charge in [-0.05, 0) is 116 Å². The van der Waals surface area contributed by atoms with Gasteiger partial charge >= 0.3 is 13.8 Å². The van der Waals surface area contributed by atoms with Crippen molar-refractivity contribution in [3.63, 3.8) is 0 Å². The number of hydrogen-bond donors (Lipinski definition) is 2. The highest BCUT2D eigenvalue weighted by molar-refractivity contribution is 7.47. The van der Waals surface area contributed by atoms with Crippen LogP contribution in [0, 0.1) is 0 Å². The summed E-state index contributed by atoms with van der Waals surface area (Å²) < 4.78 is 33.4. The SMILES string of the molecule is CC/C=C\C/C=C\C/C=C\C/C=C\C/C=C\C/C=C\C/C=C\CCCCCC(=O)OC(COCCCC/C=C\C/C=C\C/C=C\C/C=C\C/C=C\CC)COP(=O)(O)OCCN. The van der Waals surface area contributed by atoms with Crippen LogP contribution >= 0.6 is 7.82 Å². The first-order chi connectivity index (χ1) is 30.4. The van der Waals surface area contributed by atoms with Crippen molar-refractivity contribution in [1.29, 1.82) is 0 Å². The maximum Gasteiger partial charge on any atom is 0.472 e. The Balaban J connectivity index is 4.20. The second-order valence-electron chi connectivity index (χ2n) is 14.5. The number of allylic oxidation sites excluding steroid dienone is 24. The fraction of sp³-hybridized carbons (Fsp3) is 0.528. The van der Waals surface area contributed by atoms with Crippen molar-refractivity contribution in [2.75, 3.05) is 33.0 Å². The molecule has 0 aliphatic carbocycles. The molecule has 0 aliphatic rings. The average Bonchev–Trinajstić information content (AvgIpc) is 3.26. The lowest BCUT2D eigenvalue weighted by Crippen LogP contribution is -2.28. The Kier molecular flexibility index (Phi) is 45.6. The molecule has 8 nitrogen and oxygen atoms in total. The highest BCUT2D eigenvalue weighted by atomic mass is 31.2. The molecule has 0 saturated heterocycles. The van der Waals surface area contributed by atoms with Crippen LogP contribution in [0.1, 0.15) is 142 Å². The third kappa shape index (κ3) is 47.4. The summed E-state index contributed by atoms with van der Waals surface area (Å²) in [6.07, 6.45) is 70.2. The molecule has 0 aromatic heterocycles. The largest absolute Gasteiger partial charge is 0.472 e. The topological polar surface area (TPSA) is 117 Å². The number of hydrogen-bond acceptors (Lipinski definition) is 7.